The van der Waals surface area contributed by atoms with Crippen molar-refractivity contribution in [3.63, 3.8) is 0 Å². The van der Waals surface area contributed by atoms with Gasteiger partial charge in [0, 0.05) is 12.3 Å². The fraction of sp³-hybridized carbons (Fsp3) is 0.182. The monoisotopic (exact) mass is 220 g/mol. The molecule has 0 unspecified atom stereocenters. The van der Waals surface area contributed by atoms with Gasteiger partial charge in [-0.05, 0) is 31.5 Å². The Morgan fingerprint density at radius 1 is 1.50 bits per heavy atom. The number of allylic oxidation sites excluding steroid dienone is 1. The number of aliphatic hydroxyl groups is 1. The lowest BCUT2D eigenvalue weighted by molar-refractivity contribution is -0.117. The minimum absolute atomic E-state index is 0.327. The Balaban J connectivity index is 2.75. The minimum Gasteiger partial charge on any atom is -0.503 e. The third kappa shape index (κ3) is 3.53. The molecule has 0 aliphatic rings. The molecule has 0 saturated heterocycles. The maximum absolute atomic E-state index is 11.3. The van der Waals surface area contributed by atoms with Gasteiger partial charge in [0.25, 0.3) is 5.91 Å². The second kappa shape index (κ2) is 5.06. The van der Waals surface area contributed by atoms with E-state index in [1.54, 1.807) is 12.1 Å². The van der Waals surface area contributed by atoms with Crippen molar-refractivity contribution in [1.29, 1.82) is 0 Å². The molecule has 0 saturated carbocycles. The van der Waals surface area contributed by atoms with Crippen LogP contribution in [-0.4, -0.2) is 21.8 Å². The van der Waals surface area contributed by atoms with Crippen LogP contribution in [0.2, 0.25) is 0 Å². The largest absolute Gasteiger partial charge is 0.503 e. The fourth-order valence-electron chi connectivity index (χ4n) is 1.04. The number of hydrogen-bond acceptors (Lipinski definition) is 4. The first-order valence-electron chi connectivity index (χ1n) is 4.64. The Morgan fingerprint density at radius 2 is 2.19 bits per heavy atom. The normalized spacial score (nSPS) is 11.0. The molecule has 0 aromatic carbocycles. The molecule has 0 radical (unpaired) electrons. The van der Waals surface area contributed by atoms with Crippen molar-refractivity contribution in [3.8, 4) is 0 Å². The van der Waals surface area contributed by atoms with Gasteiger partial charge in [-0.15, -0.1) is 0 Å². The van der Waals surface area contributed by atoms with E-state index in [1.165, 1.54) is 13.1 Å². The summed E-state index contributed by atoms with van der Waals surface area (Å²) in [6.45, 7) is 3.09. The quantitative estimate of drug-likeness (QED) is 0.595. The predicted octanol–water partition coefficient (Wildman–Crippen LogP) is 1.36. The van der Waals surface area contributed by atoms with E-state index in [0.717, 1.165) is 11.6 Å². The third-order valence-corrected chi connectivity index (χ3v) is 1.73. The van der Waals surface area contributed by atoms with Crippen molar-refractivity contribution in [2.45, 2.75) is 13.8 Å². The predicted molar refractivity (Wildman–Crippen MR) is 59.0 cm³/mol. The average molecular weight is 220 g/mol. The Morgan fingerprint density at radius 3 is 2.75 bits per heavy atom. The summed E-state index contributed by atoms with van der Waals surface area (Å²) in [5.41, 5.74) is 0.931. The van der Waals surface area contributed by atoms with Crippen LogP contribution in [-0.2, 0) is 9.59 Å². The smallest absolute Gasteiger partial charge is 0.291 e. The van der Waals surface area contributed by atoms with Gasteiger partial charge in [-0.1, -0.05) is 0 Å². The molecule has 0 bridgehead atoms. The summed E-state index contributed by atoms with van der Waals surface area (Å²) >= 11 is 0. The molecule has 0 fully saturated rings. The summed E-state index contributed by atoms with van der Waals surface area (Å²) in [5, 5.41) is 11.6. The molecular weight excluding hydrogens is 208 g/mol. The highest BCUT2D eigenvalue weighted by Crippen LogP contribution is 2.06. The number of aryl methyl sites for hydroxylation is 1. The second-order valence-electron chi connectivity index (χ2n) is 3.31. The standard InChI is InChI=1S/C11H12N2O3/c1-7-3-4-12-10(5-7)13-11(16)9(15)6-8(2)14/h3-6,15H,1-2H3,(H,12,13,16)/b9-6-. The van der Waals surface area contributed by atoms with Gasteiger partial charge in [0.05, 0.1) is 0 Å². The second-order valence-corrected chi connectivity index (χ2v) is 3.31. The molecular formula is C11H12N2O3. The van der Waals surface area contributed by atoms with Crippen LogP contribution in [0.1, 0.15) is 12.5 Å². The zero-order valence-corrected chi connectivity index (χ0v) is 9.02. The van der Waals surface area contributed by atoms with Crippen LogP contribution in [0.25, 0.3) is 0 Å². The van der Waals surface area contributed by atoms with E-state index in [9.17, 15) is 14.7 Å². The number of carbonyl (C=O) groups excluding carboxylic acids is 2. The van der Waals surface area contributed by atoms with Gasteiger partial charge in [0.1, 0.15) is 5.82 Å². The molecule has 0 aliphatic carbocycles. The van der Waals surface area contributed by atoms with E-state index >= 15 is 0 Å². The van der Waals surface area contributed by atoms with Gasteiger partial charge in [-0.3, -0.25) is 9.59 Å². The Kier molecular flexibility index (Phi) is 3.77. The van der Waals surface area contributed by atoms with E-state index in [-0.39, 0.29) is 0 Å². The Hall–Kier alpha value is -2.17. The summed E-state index contributed by atoms with van der Waals surface area (Å²) in [6, 6.07) is 3.43. The van der Waals surface area contributed by atoms with Crippen LogP contribution in [0, 0.1) is 6.92 Å². The number of ketones is 1. The minimum atomic E-state index is -0.756. The van der Waals surface area contributed by atoms with Crippen molar-refractivity contribution < 1.29 is 14.7 Å². The van der Waals surface area contributed by atoms with E-state index in [1.807, 2.05) is 6.92 Å². The lowest BCUT2D eigenvalue weighted by Crippen LogP contribution is -2.15. The van der Waals surface area contributed by atoms with Crippen molar-refractivity contribution in [1.82, 2.24) is 4.98 Å². The molecule has 84 valence electrons. The van der Waals surface area contributed by atoms with E-state index in [0.29, 0.717) is 5.82 Å². The highest BCUT2D eigenvalue weighted by atomic mass is 16.3. The van der Waals surface area contributed by atoms with Crippen LogP contribution in [0.5, 0.6) is 0 Å². The van der Waals surface area contributed by atoms with Crippen LogP contribution in [0.4, 0.5) is 5.82 Å². The zero-order chi connectivity index (χ0) is 12.1. The van der Waals surface area contributed by atoms with Crippen LogP contribution >= 0.6 is 0 Å². The van der Waals surface area contributed by atoms with Gasteiger partial charge < -0.3 is 10.4 Å². The van der Waals surface area contributed by atoms with Crippen molar-refractivity contribution in [3.05, 3.63) is 35.7 Å². The number of pyridine rings is 1. The molecule has 1 rings (SSSR count). The summed E-state index contributed by atoms with van der Waals surface area (Å²) in [4.78, 5) is 25.9. The molecule has 0 aliphatic heterocycles. The molecule has 5 heteroatoms. The van der Waals surface area contributed by atoms with Gasteiger partial charge >= 0.3 is 0 Å². The molecule has 1 heterocycles. The SMILES string of the molecule is CC(=O)/C=C(\O)C(=O)Nc1cc(C)ccn1. The van der Waals surface area contributed by atoms with Gasteiger partial charge in [0.15, 0.2) is 11.5 Å². The maximum atomic E-state index is 11.3. The Labute approximate surface area is 92.8 Å². The van der Waals surface area contributed by atoms with E-state index in [2.05, 4.69) is 10.3 Å². The highest BCUT2D eigenvalue weighted by Gasteiger charge is 2.09. The number of hydrogen-bond donors (Lipinski definition) is 2. The number of carbonyl (C=O) groups is 2. The summed E-state index contributed by atoms with van der Waals surface area (Å²) < 4.78 is 0. The summed E-state index contributed by atoms with van der Waals surface area (Å²) in [5.74, 6) is -1.46. The first-order valence-corrected chi connectivity index (χ1v) is 4.64. The third-order valence-electron chi connectivity index (χ3n) is 1.73. The van der Waals surface area contributed by atoms with Gasteiger partial charge in [-0.2, -0.15) is 0 Å². The van der Waals surface area contributed by atoms with Gasteiger partial charge in [-0.25, -0.2) is 4.98 Å². The lowest BCUT2D eigenvalue weighted by atomic mass is 10.3. The molecule has 1 aromatic rings. The number of amides is 1. The van der Waals surface area contributed by atoms with Crippen LogP contribution < -0.4 is 5.32 Å². The van der Waals surface area contributed by atoms with Crippen molar-refractivity contribution >= 4 is 17.5 Å². The molecule has 0 spiro atoms. The molecule has 16 heavy (non-hydrogen) atoms. The first-order chi connectivity index (χ1) is 7.49. The average Bonchev–Trinajstić information content (AvgIpc) is 2.16. The number of aromatic nitrogens is 1. The number of anilines is 1. The lowest BCUT2D eigenvalue weighted by Gasteiger charge is -2.03. The number of nitrogens with zero attached hydrogens (tertiary/aromatic N) is 1. The van der Waals surface area contributed by atoms with E-state index < -0.39 is 17.4 Å². The number of aliphatic hydroxyl groups excluding tert-OH is 1. The van der Waals surface area contributed by atoms with E-state index in [4.69, 9.17) is 0 Å². The number of rotatable bonds is 3. The molecule has 1 amide bonds. The van der Waals surface area contributed by atoms with Crippen molar-refractivity contribution in [2.75, 3.05) is 5.32 Å². The molecule has 1 aromatic heterocycles. The first kappa shape index (κ1) is 11.9. The maximum Gasteiger partial charge on any atom is 0.291 e. The number of nitrogens with one attached hydrogen (secondary N) is 1. The van der Waals surface area contributed by atoms with Crippen molar-refractivity contribution in [2.24, 2.45) is 0 Å². The fourth-order valence-corrected chi connectivity index (χ4v) is 1.04. The van der Waals surface area contributed by atoms with Crippen LogP contribution in [0.3, 0.4) is 0 Å². The zero-order valence-electron chi connectivity index (χ0n) is 9.02. The topological polar surface area (TPSA) is 79.3 Å². The molecule has 5 nitrogen and oxygen atoms in total. The summed E-state index contributed by atoms with van der Waals surface area (Å²) in [6.07, 6.45) is 2.39. The molecule has 0 atom stereocenters. The summed E-state index contributed by atoms with van der Waals surface area (Å²) in [7, 11) is 0. The highest BCUT2D eigenvalue weighted by molar-refractivity contribution is 6.05. The van der Waals surface area contributed by atoms with Gasteiger partial charge in [0.2, 0.25) is 0 Å². The molecule has 2 N–H and O–H groups in total. The Bertz CT molecular complexity index is 452. The van der Waals surface area contributed by atoms with Crippen LogP contribution in [0.15, 0.2) is 30.2 Å².